The van der Waals surface area contributed by atoms with Crippen molar-refractivity contribution in [2.75, 3.05) is 19.0 Å². The number of nitrogens with one attached hydrogen (secondary N) is 1. The summed E-state index contributed by atoms with van der Waals surface area (Å²) in [5.74, 6) is 5.68. The van der Waals surface area contributed by atoms with Gasteiger partial charge in [-0.1, -0.05) is 12.1 Å². The molecule has 3 N–H and O–H groups in total. The van der Waals surface area contributed by atoms with E-state index in [1.165, 1.54) is 5.69 Å². The summed E-state index contributed by atoms with van der Waals surface area (Å²) in [5, 5.41) is 0. The molecule has 5 heteroatoms. The lowest BCUT2D eigenvalue weighted by Crippen LogP contribution is -2.29. The Kier molecular flexibility index (Phi) is 4.19. The summed E-state index contributed by atoms with van der Waals surface area (Å²) in [5.41, 5.74) is 6.04. The van der Waals surface area contributed by atoms with Crippen LogP contribution < -0.4 is 16.2 Å². The molecule has 0 aliphatic rings. The van der Waals surface area contributed by atoms with Crippen LogP contribution in [-0.4, -0.2) is 23.6 Å². The van der Waals surface area contributed by atoms with Gasteiger partial charge in [0.25, 0.3) is 0 Å². The van der Waals surface area contributed by atoms with Crippen LogP contribution in [0, 0.1) is 0 Å². The van der Waals surface area contributed by atoms with Crippen molar-refractivity contribution < 1.29 is 0 Å². The van der Waals surface area contributed by atoms with Crippen molar-refractivity contribution >= 4 is 5.69 Å². The third-order valence-corrected chi connectivity index (χ3v) is 3.22. The highest BCUT2D eigenvalue weighted by Crippen LogP contribution is 2.22. The van der Waals surface area contributed by atoms with Crippen LogP contribution in [0.1, 0.15) is 24.2 Å². The van der Waals surface area contributed by atoms with Crippen molar-refractivity contribution in [3.63, 3.8) is 0 Å². The minimum absolute atomic E-state index is 0.0796. The second-order valence-electron chi connectivity index (χ2n) is 4.71. The van der Waals surface area contributed by atoms with E-state index in [1.54, 1.807) is 0 Å². The zero-order valence-corrected chi connectivity index (χ0v) is 11.7. The van der Waals surface area contributed by atoms with E-state index in [0.717, 1.165) is 17.8 Å². The van der Waals surface area contributed by atoms with Gasteiger partial charge in [-0.15, -0.1) is 0 Å². The van der Waals surface area contributed by atoms with Crippen molar-refractivity contribution in [2.24, 2.45) is 5.84 Å². The van der Waals surface area contributed by atoms with Crippen LogP contribution in [0.15, 0.2) is 36.8 Å². The summed E-state index contributed by atoms with van der Waals surface area (Å²) < 4.78 is 2.04. The first-order valence-corrected chi connectivity index (χ1v) is 6.40. The molecule has 0 aliphatic heterocycles. The fraction of sp³-hybridized carbons (Fsp3) is 0.357. The zero-order valence-electron chi connectivity index (χ0n) is 11.7. The third kappa shape index (κ3) is 2.94. The van der Waals surface area contributed by atoms with Crippen LogP contribution in [0.2, 0.25) is 0 Å². The van der Waals surface area contributed by atoms with Crippen LogP contribution in [0.5, 0.6) is 0 Å². The molecule has 0 amide bonds. The van der Waals surface area contributed by atoms with Gasteiger partial charge in [-0.3, -0.25) is 5.84 Å². The van der Waals surface area contributed by atoms with E-state index in [9.17, 15) is 0 Å². The number of hydrogen-bond acceptors (Lipinski definition) is 4. The molecule has 1 atom stereocenters. The SMILES string of the molecule is CCn1cnc(C(NN)c2ccc(N(C)C)cc2)c1. The average Bonchev–Trinajstić information content (AvgIpc) is 2.89. The summed E-state index contributed by atoms with van der Waals surface area (Å²) in [6.45, 7) is 2.99. The van der Waals surface area contributed by atoms with Crippen LogP contribution in [-0.2, 0) is 6.54 Å². The minimum atomic E-state index is -0.0796. The monoisotopic (exact) mass is 259 g/mol. The van der Waals surface area contributed by atoms with E-state index < -0.39 is 0 Å². The van der Waals surface area contributed by atoms with Crippen LogP contribution in [0.25, 0.3) is 0 Å². The molecule has 1 aromatic carbocycles. The molecule has 0 bridgehead atoms. The van der Waals surface area contributed by atoms with E-state index in [1.807, 2.05) is 31.2 Å². The predicted octanol–water partition coefficient (Wildman–Crippen LogP) is 1.52. The Morgan fingerprint density at radius 2 is 2.00 bits per heavy atom. The van der Waals surface area contributed by atoms with Crippen LogP contribution in [0.4, 0.5) is 5.69 Å². The molecule has 0 spiro atoms. The Balaban J connectivity index is 2.26. The molecule has 2 aromatic rings. The van der Waals surface area contributed by atoms with Crippen molar-refractivity contribution in [2.45, 2.75) is 19.5 Å². The maximum Gasteiger partial charge on any atom is 0.0950 e. The summed E-state index contributed by atoms with van der Waals surface area (Å²) in [6, 6.07) is 8.23. The molecule has 1 aromatic heterocycles. The lowest BCUT2D eigenvalue weighted by molar-refractivity contribution is 0.622. The Hall–Kier alpha value is -1.85. The molecule has 19 heavy (non-hydrogen) atoms. The van der Waals surface area contributed by atoms with Crippen molar-refractivity contribution in [3.05, 3.63) is 48.0 Å². The van der Waals surface area contributed by atoms with Crippen LogP contribution >= 0.6 is 0 Å². The highest BCUT2D eigenvalue weighted by Gasteiger charge is 2.15. The van der Waals surface area contributed by atoms with Gasteiger partial charge in [-0.25, -0.2) is 10.4 Å². The molecular formula is C14H21N5. The maximum absolute atomic E-state index is 5.68. The maximum atomic E-state index is 5.68. The summed E-state index contributed by atoms with van der Waals surface area (Å²) in [7, 11) is 4.05. The van der Waals surface area contributed by atoms with E-state index in [0.29, 0.717) is 0 Å². The van der Waals surface area contributed by atoms with E-state index in [2.05, 4.69) is 46.5 Å². The first-order valence-electron chi connectivity index (χ1n) is 6.40. The number of hydrazine groups is 1. The zero-order chi connectivity index (χ0) is 13.8. The first kappa shape index (κ1) is 13.6. The molecule has 0 saturated heterocycles. The van der Waals surface area contributed by atoms with Gasteiger partial charge in [-0.2, -0.15) is 0 Å². The normalized spacial score (nSPS) is 12.4. The largest absolute Gasteiger partial charge is 0.378 e. The van der Waals surface area contributed by atoms with Crippen LogP contribution in [0.3, 0.4) is 0 Å². The molecule has 0 radical (unpaired) electrons. The lowest BCUT2D eigenvalue weighted by Gasteiger charge is -2.17. The summed E-state index contributed by atoms with van der Waals surface area (Å²) >= 11 is 0. The Morgan fingerprint density at radius 1 is 1.32 bits per heavy atom. The van der Waals surface area contributed by atoms with E-state index in [4.69, 9.17) is 5.84 Å². The quantitative estimate of drug-likeness (QED) is 0.631. The Labute approximate surface area is 114 Å². The fourth-order valence-electron chi connectivity index (χ4n) is 2.02. The fourth-order valence-corrected chi connectivity index (χ4v) is 2.02. The van der Waals surface area contributed by atoms with Crippen molar-refractivity contribution in [1.29, 1.82) is 0 Å². The van der Waals surface area contributed by atoms with E-state index in [-0.39, 0.29) is 6.04 Å². The third-order valence-electron chi connectivity index (χ3n) is 3.22. The van der Waals surface area contributed by atoms with Gasteiger partial charge < -0.3 is 9.47 Å². The number of nitrogens with two attached hydrogens (primary N) is 1. The van der Waals surface area contributed by atoms with Gasteiger partial charge in [0.2, 0.25) is 0 Å². The first-order chi connectivity index (χ1) is 9.15. The number of rotatable bonds is 5. The summed E-state index contributed by atoms with van der Waals surface area (Å²) in [4.78, 5) is 6.47. The number of aryl methyl sites for hydroxylation is 1. The average molecular weight is 259 g/mol. The van der Waals surface area contributed by atoms with Gasteiger partial charge >= 0.3 is 0 Å². The Morgan fingerprint density at radius 3 is 2.47 bits per heavy atom. The smallest absolute Gasteiger partial charge is 0.0950 e. The molecule has 0 aliphatic carbocycles. The van der Waals surface area contributed by atoms with Gasteiger partial charge in [-0.05, 0) is 24.6 Å². The second-order valence-corrected chi connectivity index (χ2v) is 4.71. The van der Waals surface area contributed by atoms with Gasteiger partial charge in [0.1, 0.15) is 0 Å². The van der Waals surface area contributed by atoms with E-state index >= 15 is 0 Å². The number of nitrogens with zero attached hydrogens (tertiary/aromatic N) is 3. The Bertz CT molecular complexity index is 515. The van der Waals surface area contributed by atoms with Gasteiger partial charge in [0.05, 0.1) is 18.1 Å². The van der Waals surface area contributed by atoms with Gasteiger partial charge in [0, 0.05) is 32.5 Å². The number of imidazole rings is 1. The molecular weight excluding hydrogens is 238 g/mol. The van der Waals surface area contributed by atoms with Crippen molar-refractivity contribution in [3.8, 4) is 0 Å². The predicted molar refractivity (Wildman–Crippen MR) is 77.8 cm³/mol. The minimum Gasteiger partial charge on any atom is -0.378 e. The summed E-state index contributed by atoms with van der Waals surface area (Å²) in [6.07, 6.45) is 3.85. The molecule has 1 unspecified atom stereocenters. The molecule has 2 rings (SSSR count). The molecule has 0 fully saturated rings. The number of hydrogen-bond donors (Lipinski definition) is 2. The molecule has 5 nitrogen and oxygen atoms in total. The van der Waals surface area contributed by atoms with Gasteiger partial charge in [0.15, 0.2) is 0 Å². The topological polar surface area (TPSA) is 59.1 Å². The molecule has 1 heterocycles. The van der Waals surface area contributed by atoms with Crippen molar-refractivity contribution in [1.82, 2.24) is 15.0 Å². The molecule has 102 valence electrons. The number of anilines is 1. The second kappa shape index (κ2) is 5.86. The molecule has 0 saturated carbocycles. The number of benzene rings is 1. The lowest BCUT2D eigenvalue weighted by atomic mass is 10.0. The highest BCUT2D eigenvalue weighted by atomic mass is 15.2. The highest BCUT2D eigenvalue weighted by molar-refractivity contribution is 5.47. The standard InChI is InChI=1S/C14H21N5/c1-4-19-9-13(16-10-19)14(17-15)11-5-7-12(8-6-11)18(2)3/h5-10,14,17H,4,15H2,1-3H3. The number of aromatic nitrogens is 2.